The molecule has 1 fully saturated rings. The second-order valence-electron chi connectivity index (χ2n) is 5.60. The molecule has 0 atom stereocenters. The zero-order valence-electron chi connectivity index (χ0n) is 12.3. The van der Waals surface area contributed by atoms with E-state index in [4.69, 9.17) is 5.11 Å². The van der Waals surface area contributed by atoms with E-state index in [-0.39, 0.29) is 24.4 Å². The number of carbonyl (C=O) groups is 2. The van der Waals surface area contributed by atoms with Crippen molar-refractivity contribution in [2.24, 2.45) is 5.92 Å². The molecule has 1 rings (SSSR count). The molecule has 0 aromatic rings. The summed E-state index contributed by atoms with van der Waals surface area (Å²) in [5.41, 5.74) is 0. The quantitative estimate of drug-likeness (QED) is 0.834. The van der Waals surface area contributed by atoms with E-state index in [1.54, 1.807) is 0 Å². The van der Waals surface area contributed by atoms with Crippen LogP contribution in [0, 0.1) is 5.92 Å². The van der Waals surface area contributed by atoms with Crippen LogP contribution < -0.4 is 0 Å². The smallest absolute Gasteiger partial charge is 0.320 e. The van der Waals surface area contributed by atoms with Gasteiger partial charge in [0.05, 0.1) is 0 Å². The number of hydrogen-bond donors (Lipinski definition) is 1. The molecule has 0 bridgehead atoms. The van der Waals surface area contributed by atoms with Gasteiger partial charge in [0, 0.05) is 32.1 Å². The number of piperidine rings is 1. The first-order valence-corrected chi connectivity index (χ1v) is 7.23. The Hall–Kier alpha value is -1.26. The van der Waals surface area contributed by atoms with Crippen molar-refractivity contribution >= 4 is 12.0 Å². The van der Waals surface area contributed by atoms with Gasteiger partial charge < -0.3 is 14.9 Å². The van der Waals surface area contributed by atoms with Crippen LogP contribution in [0.3, 0.4) is 0 Å². The molecular weight excluding hydrogens is 244 g/mol. The number of hydrogen-bond acceptors (Lipinski definition) is 2. The number of carbonyl (C=O) groups excluding carboxylic acids is 1. The van der Waals surface area contributed by atoms with Gasteiger partial charge in [0.25, 0.3) is 0 Å². The van der Waals surface area contributed by atoms with Crippen molar-refractivity contribution in [2.75, 3.05) is 19.6 Å². The van der Waals surface area contributed by atoms with E-state index in [0.717, 1.165) is 25.8 Å². The minimum absolute atomic E-state index is 0.102. The standard InChI is InChI=1S/C14H26N2O3/c1-4-7-16(11(2)3)14(19)15-8-5-12(6-9-15)10-13(17)18/h11-12H,4-10H2,1-3H3,(H,17,18). The van der Waals surface area contributed by atoms with Gasteiger partial charge in [0.15, 0.2) is 0 Å². The summed E-state index contributed by atoms with van der Waals surface area (Å²) >= 11 is 0. The molecule has 0 radical (unpaired) electrons. The summed E-state index contributed by atoms with van der Waals surface area (Å²) in [6, 6.07) is 0.315. The molecule has 1 heterocycles. The lowest BCUT2D eigenvalue weighted by Gasteiger charge is -2.37. The highest BCUT2D eigenvalue weighted by atomic mass is 16.4. The monoisotopic (exact) mass is 270 g/mol. The predicted octanol–water partition coefficient (Wildman–Crippen LogP) is 2.41. The number of aliphatic carboxylic acids is 1. The Balaban J connectivity index is 2.49. The Morgan fingerprint density at radius 2 is 1.89 bits per heavy atom. The second kappa shape index (κ2) is 7.36. The fraction of sp³-hybridized carbons (Fsp3) is 0.857. The third-order valence-corrected chi connectivity index (χ3v) is 3.68. The third kappa shape index (κ3) is 4.73. The molecule has 0 saturated carbocycles. The average Bonchev–Trinajstić information content (AvgIpc) is 2.35. The van der Waals surface area contributed by atoms with Crippen molar-refractivity contribution in [1.82, 2.24) is 9.80 Å². The molecule has 5 nitrogen and oxygen atoms in total. The van der Waals surface area contributed by atoms with Crippen molar-refractivity contribution in [2.45, 2.75) is 52.5 Å². The summed E-state index contributed by atoms with van der Waals surface area (Å²) in [4.78, 5) is 26.8. The fourth-order valence-corrected chi connectivity index (χ4v) is 2.57. The van der Waals surface area contributed by atoms with Crippen LogP contribution in [0.25, 0.3) is 0 Å². The van der Waals surface area contributed by atoms with Crippen LogP contribution in [0.5, 0.6) is 0 Å². The van der Waals surface area contributed by atoms with Crippen molar-refractivity contribution in [3.8, 4) is 0 Å². The highest BCUT2D eigenvalue weighted by molar-refractivity contribution is 5.75. The van der Waals surface area contributed by atoms with Gasteiger partial charge in [0.1, 0.15) is 0 Å². The number of urea groups is 1. The maximum atomic E-state index is 12.4. The Kier molecular flexibility index (Phi) is 6.12. The molecule has 1 N–H and O–H groups in total. The first-order chi connectivity index (χ1) is 8.95. The van der Waals surface area contributed by atoms with E-state index in [1.165, 1.54) is 0 Å². The summed E-state index contributed by atoms with van der Waals surface area (Å²) in [5.74, 6) is -0.514. The van der Waals surface area contributed by atoms with Crippen LogP contribution in [-0.4, -0.2) is 52.6 Å². The first-order valence-electron chi connectivity index (χ1n) is 7.23. The molecule has 19 heavy (non-hydrogen) atoms. The number of rotatable bonds is 5. The minimum atomic E-state index is -0.737. The zero-order valence-corrected chi connectivity index (χ0v) is 12.3. The molecule has 5 heteroatoms. The lowest BCUT2D eigenvalue weighted by atomic mass is 9.94. The number of carboxylic acids is 1. The van der Waals surface area contributed by atoms with Gasteiger partial charge in [-0.25, -0.2) is 4.79 Å². The normalized spacial score (nSPS) is 16.7. The van der Waals surface area contributed by atoms with Crippen molar-refractivity contribution in [3.63, 3.8) is 0 Å². The molecule has 0 aliphatic carbocycles. The Bertz CT molecular complexity index is 310. The fourth-order valence-electron chi connectivity index (χ4n) is 2.57. The molecule has 110 valence electrons. The van der Waals surface area contributed by atoms with Gasteiger partial charge in [0.2, 0.25) is 0 Å². The summed E-state index contributed by atoms with van der Waals surface area (Å²) in [5, 5.41) is 8.78. The maximum Gasteiger partial charge on any atom is 0.320 e. The van der Waals surface area contributed by atoms with Crippen LogP contribution in [0.2, 0.25) is 0 Å². The number of nitrogens with zero attached hydrogens (tertiary/aromatic N) is 2. The molecule has 1 aliphatic rings. The zero-order chi connectivity index (χ0) is 14.4. The molecule has 0 unspecified atom stereocenters. The van der Waals surface area contributed by atoms with E-state index in [2.05, 4.69) is 6.92 Å². The summed E-state index contributed by atoms with van der Waals surface area (Å²) in [6.07, 6.45) is 2.79. The Morgan fingerprint density at radius 3 is 2.32 bits per heavy atom. The molecule has 2 amide bonds. The van der Waals surface area contributed by atoms with Gasteiger partial charge in [-0.3, -0.25) is 4.79 Å². The van der Waals surface area contributed by atoms with E-state index >= 15 is 0 Å². The highest BCUT2D eigenvalue weighted by Crippen LogP contribution is 2.21. The first kappa shape index (κ1) is 15.8. The van der Waals surface area contributed by atoms with Gasteiger partial charge in [-0.05, 0) is 39.0 Å². The summed E-state index contributed by atoms with van der Waals surface area (Å²) in [7, 11) is 0. The Labute approximate surface area is 115 Å². The summed E-state index contributed by atoms with van der Waals surface area (Å²) < 4.78 is 0. The Morgan fingerprint density at radius 1 is 1.32 bits per heavy atom. The minimum Gasteiger partial charge on any atom is -0.481 e. The lowest BCUT2D eigenvalue weighted by molar-refractivity contribution is -0.138. The lowest BCUT2D eigenvalue weighted by Crippen LogP contribution is -2.49. The SMILES string of the molecule is CCCN(C(=O)N1CCC(CC(=O)O)CC1)C(C)C. The van der Waals surface area contributed by atoms with E-state index in [9.17, 15) is 9.59 Å². The number of amides is 2. The second-order valence-corrected chi connectivity index (χ2v) is 5.60. The molecule has 1 aliphatic heterocycles. The van der Waals surface area contributed by atoms with E-state index < -0.39 is 5.97 Å². The van der Waals surface area contributed by atoms with Gasteiger partial charge >= 0.3 is 12.0 Å². The van der Waals surface area contributed by atoms with Crippen molar-refractivity contribution in [1.29, 1.82) is 0 Å². The van der Waals surface area contributed by atoms with Crippen LogP contribution in [-0.2, 0) is 4.79 Å². The third-order valence-electron chi connectivity index (χ3n) is 3.68. The maximum absolute atomic E-state index is 12.4. The van der Waals surface area contributed by atoms with Crippen molar-refractivity contribution < 1.29 is 14.7 Å². The van der Waals surface area contributed by atoms with Gasteiger partial charge in [-0.2, -0.15) is 0 Å². The number of carboxylic acid groups (broad SMARTS) is 1. The van der Waals surface area contributed by atoms with Gasteiger partial charge in [-0.1, -0.05) is 6.92 Å². The molecular formula is C14H26N2O3. The van der Waals surface area contributed by atoms with Crippen molar-refractivity contribution in [3.05, 3.63) is 0 Å². The van der Waals surface area contributed by atoms with Crippen LogP contribution in [0.1, 0.15) is 46.5 Å². The molecule has 0 aromatic heterocycles. The number of likely N-dealkylation sites (tertiary alicyclic amines) is 1. The van der Waals surface area contributed by atoms with Gasteiger partial charge in [-0.15, -0.1) is 0 Å². The molecule has 0 aromatic carbocycles. The predicted molar refractivity (Wildman–Crippen MR) is 74.1 cm³/mol. The highest BCUT2D eigenvalue weighted by Gasteiger charge is 2.27. The summed E-state index contributed by atoms with van der Waals surface area (Å²) in [6.45, 7) is 8.29. The van der Waals surface area contributed by atoms with Crippen LogP contribution in [0.4, 0.5) is 4.79 Å². The average molecular weight is 270 g/mol. The topological polar surface area (TPSA) is 60.9 Å². The van der Waals surface area contributed by atoms with Crippen LogP contribution >= 0.6 is 0 Å². The molecule has 1 saturated heterocycles. The van der Waals surface area contributed by atoms with Crippen LogP contribution in [0.15, 0.2) is 0 Å². The molecule has 0 spiro atoms. The largest absolute Gasteiger partial charge is 0.481 e. The van der Waals surface area contributed by atoms with E-state index in [1.807, 2.05) is 23.6 Å². The van der Waals surface area contributed by atoms with E-state index in [0.29, 0.717) is 13.1 Å².